The Kier molecular flexibility index (Phi) is 2.66. The summed E-state index contributed by atoms with van der Waals surface area (Å²) in [6.45, 7) is 0.816. The van der Waals surface area contributed by atoms with Crippen LogP contribution in [-0.4, -0.2) is 19.7 Å². The van der Waals surface area contributed by atoms with E-state index >= 15 is 0 Å². The van der Waals surface area contributed by atoms with Gasteiger partial charge in [-0.1, -0.05) is 0 Å². The second kappa shape index (κ2) is 3.94. The van der Waals surface area contributed by atoms with E-state index in [1.165, 1.54) is 0 Å². The minimum atomic E-state index is 0.140. The van der Waals surface area contributed by atoms with Crippen molar-refractivity contribution in [1.82, 2.24) is 5.32 Å². The zero-order valence-electron chi connectivity index (χ0n) is 7.82. The van der Waals surface area contributed by atoms with E-state index in [0.717, 1.165) is 25.2 Å². The third-order valence-corrected chi connectivity index (χ3v) is 2.55. The van der Waals surface area contributed by atoms with Gasteiger partial charge in [-0.05, 0) is 32.0 Å². The molecule has 0 aliphatic carbocycles. The Morgan fingerprint density at radius 3 is 3.15 bits per heavy atom. The van der Waals surface area contributed by atoms with Crippen molar-refractivity contribution in [3.63, 3.8) is 0 Å². The van der Waals surface area contributed by atoms with Gasteiger partial charge < -0.3 is 14.5 Å². The number of rotatable bonds is 2. The van der Waals surface area contributed by atoms with Crippen LogP contribution in [0.25, 0.3) is 0 Å². The van der Waals surface area contributed by atoms with Crippen molar-refractivity contribution in [2.45, 2.75) is 25.0 Å². The first-order valence-corrected chi connectivity index (χ1v) is 4.72. The normalized spacial score (nSPS) is 29.0. The number of hydrogen-bond donors (Lipinski definition) is 1. The quantitative estimate of drug-likeness (QED) is 0.754. The average molecular weight is 181 g/mol. The van der Waals surface area contributed by atoms with Crippen molar-refractivity contribution in [3.05, 3.63) is 24.2 Å². The molecular formula is C10H15NO2. The van der Waals surface area contributed by atoms with Gasteiger partial charge >= 0.3 is 0 Å². The predicted molar refractivity (Wildman–Crippen MR) is 49.5 cm³/mol. The van der Waals surface area contributed by atoms with Crippen LogP contribution >= 0.6 is 0 Å². The van der Waals surface area contributed by atoms with Crippen LogP contribution < -0.4 is 5.32 Å². The van der Waals surface area contributed by atoms with E-state index in [2.05, 4.69) is 5.32 Å². The third kappa shape index (κ3) is 1.92. The molecule has 0 spiro atoms. The lowest BCUT2D eigenvalue weighted by molar-refractivity contribution is -0.0107. The highest BCUT2D eigenvalue weighted by Gasteiger charge is 2.24. The Balaban J connectivity index is 2.00. The third-order valence-electron chi connectivity index (χ3n) is 2.55. The fourth-order valence-corrected chi connectivity index (χ4v) is 1.73. The summed E-state index contributed by atoms with van der Waals surface area (Å²) in [4.78, 5) is 0. The van der Waals surface area contributed by atoms with Crippen LogP contribution in [-0.2, 0) is 4.74 Å². The van der Waals surface area contributed by atoms with Gasteiger partial charge in [0.1, 0.15) is 11.9 Å². The first-order valence-electron chi connectivity index (χ1n) is 4.72. The fourth-order valence-electron chi connectivity index (χ4n) is 1.73. The molecule has 2 heterocycles. The van der Waals surface area contributed by atoms with Crippen LogP contribution in [0.3, 0.4) is 0 Å². The van der Waals surface area contributed by atoms with Gasteiger partial charge in [-0.15, -0.1) is 0 Å². The summed E-state index contributed by atoms with van der Waals surface area (Å²) >= 11 is 0. The SMILES string of the molecule is CNC1CCOC(c2ccco2)C1. The predicted octanol–water partition coefficient (Wildman–Crippen LogP) is 1.72. The Morgan fingerprint density at radius 1 is 1.54 bits per heavy atom. The molecule has 0 bridgehead atoms. The second-order valence-corrected chi connectivity index (χ2v) is 3.38. The highest BCUT2D eigenvalue weighted by atomic mass is 16.5. The van der Waals surface area contributed by atoms with Crippen molar-refractivity contribution in [1.29, 1.82) is 0 Å². The number of nitrogens with one attached hydrogen (secondary N) is 1. The van der Waals surface area contributed by atoms with Gasteiger partial charge in [-0.2, -0.15) is 0 Å². The fraction of sp³-hybridized carbons (Fsp3) is 0.600. The molecule has 3 heteroatoms. The molecular weight excluding hydrogens is 166 g/mol. The monoisotopic (exact) mass is 181 g/mol. The molecule has 0 radical (unpaired) electrons. The molecule has 0 saturated carbocycles. The van der Waals surface area contributed by atoms with Gasteiger partial charge in [0.05, 0.1) is 6.26 Å². The largest absolute Gasteiger partial charge is 0.467 e. The molecule has 1 aliphatic heterocycles. The minimum Gasteiger partial charge on any atom is -0.467 e. The van der Waals surface area contributed by atoms with Crippen molar-refractivity contribution in [2.24, 2.45) is 0 Å². The molecule has 1 aliphatic rings. The van der Waals surface area contributed by atoms with Gasteiger partial charge in [0.15, 0.2) is 0 Å². The smallest absolute Gasteiger partial charge is 0.132 e. The first-order chi connectivity index (χ1) is 6.40. The van der Waals surface area contributed by atoms with Crippen LogP contribution in [0.5, 0.6) is 0 Å². The molecule has 2 rings (SSSR count). The number of ether oxygens (including phenoxy) is 1. The summed E-state index contributed by atoms with van der Waals surface area (Å²) < 4.78 is 10.9. The summed E-state index contributed by atoms with van der Waals surface area (Å²) in [7, 11) is 2.00. The lowest BCUT2D eigenvalue weighted by Gasteiger charge is -2.27. The van der Waals surface area contributed by atoms with Crippen molar-refractivity contribution in [3.8, 4) is 0 Å². The van der Waals surface area contributed by atoms with E-state index in [4.69, 9.17) is 9.15 Å². The van der Waals surface area contributed by atoms with E-state index in [1.807, 2.05) is 19.2 Å². The van der Waals surface area contributed by atoms with Crippen LogP contribution in [0, 0.1) is 0 Å². The van der Waals surface area contributed by atoms with E-state index in [0.29, 0.717) is 6.04 Å². The summed E-state index contributed by atoms with van der Waals surface area (Å²) in [5.74, 6) is 0.944. The highest BCUT2D eigenvalue weighted by molar-refractivity contribution is 5.03. The van der Waals surface area contributed by atoms with Gasteiger partial charge in [-0.3, -0.25) is 0 Å². The molecule has 13 heavy (non-hydrogen) atoms. The topological polar surface area (TPSA) is 34.4 Å². The van der Waals surface area contributed by atoms with Crippen LogP contribution in [0.4, 0.5) is 0 Å². The van der Waals surface area contributed by atoms with Crippen LogP contribution in [0.1, 0.15) is 24.7 Å². The molecule has 3 nitrogen and oxygen atoms in total. The maximum Gasteiger partial charge on any atom is 0.132 e. The lowest BCUT2D eigenvalue weighted by atomic mass is 10.0. The molecule has 0 amide bonds. The first kappa shape index (κ1) is 8.78. The maximum atomic E-state index is 5.62. The van der Waals surface area contributed by atoms with E-state index in [-0.39, 0.29) is 6.10 Å². The summed E-state index contributed by atoms with van der Waals surface area (Å²) in [6.07, 6.45) is 3.93. The van der Waals surface area contributed by atoms with Crippen LogP contribution in [0.15, 0.2) is 22.8 Å². The standard InChI is InChI=1S/C10H15NO2/c1-11-8-4-6-13-10(7-8)9-3-2-5-12-9/h2-3,5,8,10-11H,4,6-7H2,1H3. The van der Waals surface area contributed by atoms with Gasteiger partial charge in [0.2, 0.25) is 0 Å². The van der Waals surface area contributed by atoms with E-state index in [1.54, 1.807) is 6.26 Å². The second-order valence-electron chi connectivity index (χ2n) is 3.38. The molecule has 1 saturated heterocycles. The molecule has 1 fully saturated rings. The van der Waals surface area contributed by atoms with Crippen molar-refractivity contribution < 1.29 is 9.15 Å². The Labute approximate surface area is 78.1 Å². The van der Waals surface area contributed by atoms with Crippen molar-refractivity contribution in [2.75, 3.05) is 13.7 Å². The average Bonchev–Trinajstić information content (AvgIpc) is 2.71. The molecule has 1 aromatic heterocycles. The van der Waals surface area contributed by atoms with Gasteiger partial charge in [0, 0.05) is 12.6 Å². The molecule has 1 N–H and O–H groups in total. The van der Waals surface area contributed by atoms with Gasteiger partial charge in [-0.25, -0.2) is 0 Å². The zero-order valence-corrected chi connectivity index (χ0v) is 7.82. The van der Waals surface area contributed by atoms with Crippen molar-refractivity contribution >= 4 is 0 Å². The highest BCUT2D eigenvalue weighted by Crippen LogP contribution is 2.27. The lowest BCUT2D eigenvalue weighted by Crippen LogP contribution is -2.33. The number of furan rings is 1. The molecule has 2 unspecified atom stereocenters. The maximum absolute atomic E-state index is 5.62. The number of hydrogen-bond acceptors (Lipinski definition) is 3. The summed E-state index contributed by atoms with van der Waals surface area (Å²) in [6, 6.07) is 4.44. The molecule has 72 valence electrons. The Bertz CT molecular complexity index is 245. The summed E-state index contributed by atoms with van der Waals surface area (Å²) in [5.41, 5.74) is 0. The van der Waals surface area contributed by atoms with E-state index < -0.39 is 0 Å². The Morgan fingerprint density at radius 2 is 2.46 bits per heavy atom. The zero-order chi connectivity index (χ0) is 9.10. The summed E-state index contributed by atoms with van der Waals surface area (Å²) in [5, 5.41) is 3.27. The molecule has 2 atom stereocenters. The minimum absolute atomic E-state index is 0.140. The van der Waals surface area contributed by atoms with Crippen LogP contribution in [0.2, 0.25) is 0 Å². The van der Waals surface area contributed by atoms with E-state index in [9.17, 15) is 0 Å². The van der Waals surface area contributed by atoms with Gasteiger partial charge in [0.25, 0.3) is 0 Å². The molecule has 1 aromatic rings. The Hall–Kier alpha value is -0.800. The molecule has 0 aromatic carbocycles.